The van der Waals surface area contributed by atoms with Gasteiger partial charge < -0.3 is 24.8 Å². The summed E-state index contributed by atoms with van der Waals surface area (Å²) < 4.78 is 10.3. The third kappa shape index (κ3) is 3.65. The Balaban J connectivity index is 2.14. The maximum absolute atomic E-state index is 12.5. The molecule has 1 fully saturated rings. The van der Waals surface area contributed by atoms with Crippen molar-refractivity contribution in [1.29, 1.82) is 0 Å². The largest absolute Gasteiger partial charge is 0.497 e. The molecule has 1 amide bonds. The number of benzene rings is 1. The van der Waals surface area contributed by atoms with Crippen molar-refractivity contribution < 1.29 is 19.4 Å². The molecule has 1 heterocycles. The molecule has 6 heteroatoms. The molecule has 21 heavy (non-hydrogen) atoms. The van der Waals surface area contributed by atoms with Gasteiger partial charge in [0.15, 0.2) is 0 Å². The van der Waals surface area contributed by atoms with Crippen LogP contribution in [0.4, 0.5) is 0 Å². The fraction of sp³-hybridized carbons (Fsp3) is 0.533. The molecule has 1 aromatic rings. The van der Waals surface area contributed by atoms with E-state index in [9.17, 15) is 9.90 Å². The molecule has 1 aromatic carbocycles. The lowest BCUT2D eigenvalue weighted by molar-refractivity contribution is 0.0252. The lowest BCUT2D eigenvalue weighted by Crippen LogP contribution is -2.45. The molecule has 0 aromatic heterocycles. The van der Waals surface area contributed by atoms with Crippen molar-refractivity contribution in [3.05, 3.63) is 23.8 Å². The summed E-state index contributed by atoms with van der Waals surface area (Å²) in [5, 5.41) is 13.5. The van der Waals surface area contributed by atoms with Crippen LogP contribution in [0.25, 0.3) is 0 Å². The van der Waals surface area contributed by atoms with E-state index in [1.807, 2.05) is 0 Å². The van der Waals surface area contributed by atoms with Gasteiger partial charge in [-0.3, -0.25) is 4.79 Å². The number of hydrogen-bond acceptors (Lipinski definition) is 5. The van der Waals surface area contributed by atoms with Crippen molar-refractivity contribution in [3.63, 3.8) is 0 Å². The van der Waals surface area contributed by atoms with E-state index in [-0.39, 0.29) is 5.91 Å². The number of amides is 1. The number of carbonyl (C=O) groups excluding carboxylic acids is 1. The number of aliphatic hydroxyl groups is 1. The summed E-state index contributed by atoms with van der Waals surface area (Å²) in [6.07, 6.45) is 0.645. The van der Waals surface area contributed by atoms with E-state index < -0.39 is 5.60 Å². The molecule has 6 nitrogen and oxygen atoms in total. The van der Waals surface area contributed by atoms with Gasteiger partial charge in [-0.15, -0.1) is 0 Å². The number of likely N-dealkylation sites (N-methyl/N-ethyl adjacent to an activating group) is 1. The molecule has 1 atom stereocenters. The van der Waals surface area contributed by atoms with Gasteiger partial charge in [0.25, 0.3) is 5.91 Å². The summed E-state index contributed by atoms with van der Waals surface area (Å²) in [6.45, 7) is 1.57. The maximum Gasteiger partial charge on any atom is 0.253 e. The van der Waals surface area contributed by atoms with Crippen molar-refractivity contribution in [1.82, 2.24) is 10.2 Å². The maximum atomic E-state index is 12.5. The van der Waals surface area contributed by atoms with Crippen LogP contribution in [0, 0.1) is 0 Å². The summed E-state index contributed by atoms with van der Waals surface area (Å²) in [6, 6.07) is 5.04. The minimum absolute atomic E-state index is 0.174. The van der Waals surface area contributed by atoms with E-state index in [0.29, 0.717) is 36.6 Å². The number of nitrogens with one attached hydrogen (secondary N) is 1. The van der Waals surface area contributed by atoms with E-state index >= 15 is 0 Å². The number of carbonyl (C=O) groups is 1. The Hall–Kier alpha value is -1.79. The Morgan fingerprint density at radius 3 is 2.43 bits per heavy atom. The third-order valence-corrected chi connectivity index (χ3v) is 3.70. The van der Waals surface area contributed by atoms with E-state index in [1.54, 1.807) is 39.5 Å². The number of rotatable bonds is 5. The fourth-order valence-corrected chi connectivity index (χ4v) is 2.53. The molecule has 0 bridgehead atoms. The van der Waals surface area contributed by atoms with Gasteiger partial charge in [-0.05, 0) is 25.1 Å². The second kappa shape index (κ2) is 6.32. The van der Waals surface area contributed by atoms with Gasteiger partial charge >= 0.3 is 0 Å². The highest BCUT2D eigenvalue weighted by molar-refractivity contribution is 5.95. The standard InChI is InChI=1S/C15H22N2O4/c1-17(10-15(19)4-5-16-9-15)14(18)11-6-12(20-2)8-13(7-11)21-3/h6-8,16,19H,4-5,9-10H2,1-3H3. The molecule has 2 N–H and O–H groups in total. The summed E-state index contributed by atoms with van der Waals surface area (Å²) >= 11 is 0. The second-order valence-electron chi connectivity index (χ2n) is 5.41. The molecular formula is C15H22N2O4. The van der Waals surface area contributed by atoms with Crippen LogP contribution in [0.2, 0.25) is 0 Å². The molecule has 1 saturated heterocycles. The molecule has 1 aliphatic rings. The van der Waals surface area contributed by atoms with Gasteiger partial charge in [0.1, 0.15) is 11.5 Å². The molecule has 0 radical (unpaired) electrons. The first-order chi connectivity index (χ1) is 9.97. The molecule has 0 aliphatic carbocycles. The Bertz CT molecular complexity index is 490. The summed E-state index contributed by atoms with van der Waals surface area (Å²) in [4.78, 5) is 14.0. The Kier molecular flexibility index (Phi) is 4.69. The normalized spacial score (nSPS) is 21.1. The van der Waals surface area contributed by atoms with E-state index in [2.05, 4.69) is 5.32 Å². The fourth-order valence-electron chi connectivity index (χ4n) is 2.53. The monoisotopic (exact) mass is 294 g/mol. The summed E-state index contributed by atoms with van der Waals surface area (Å²) in [7, 11) is 4.77. The molecular weight excluding hydrogens is 272 g/mol. The number of β-amino-alcohol motifs (C(OH)–C–C–N with tert-alkyl or cyclic N) is 1. The zero-order chi connectivity index (χ0) is 15.5. The molecule has 116 valence electrons. The summed E-state index contributed by atoms with van der Waals surface area (Å²) in [5.74, 6) is 0.951. The minimum Gasteiger partial charge on any atom is -0.497 e. The highest BCUT2D eigenvalue weighted by Gasteiger charge is 2.33. The zero-order valence-corrected chi connectivity index (χ0v) is 12.7. The first-order valence-electron chi connectivity index (χ1n) is 6.89. The molecule has 1 unspecified atom stereocenters. The molecule has 0 saturated carbocycles. The van der Waals surface area contributed by atoms with Crippen LogP contribution in [0.5, 0.6) is 11.5 Å². The van der Waals surface area contributed by atoms with Crippen LogP contribution in [0.15, 0.2) is 18.2 Å². The Morgan fingerprint density at radius 2 is 1.95 bits per heavy atom. The molecule has 1 aliphatic heterocycles. The number of methoxy groups -OCH3 is 2. The van der Waals surface area contributed by atoms with Gasteiger partial charge in [-0.2, -0.15) is 0 Å². The SMILES string of the molecule is COc1cc(OC)cc(C(=O)N(C)CC2(O)CCNC2)c1. The van der Waals surface area contributed by atoms with Crippen LogP contribution in [-0.2, 0) is 0 Å². The topological polar surface area (TPSA) is 71.0 Å². The molecule has 2 rings (SSSR count). The third-order valence-electron chi connectivity index (χ3n) is 3.70. The average Bonchev–Trinajstić information content (AvgIpc) is 2.91. The second-order valence-corrected chi connectivity index (χ2v) is 5.41. The summed E-state index contributed by atoms with van der Waals surface area (Å²) in [5.41, 5.74) is -0.379. The van der Waals surface area contributed by atoms with Crippen molar-refractivity contribution in [2.24, 2.45) is 0 Å². The molecule has 0 spiro atoms. The van der Waals surface area contributed by atoms with Crippen molar-refractivity contribution in [2.75, 3.05) is 40.9 Å². The first kappa shape index (κ1) is 15.6. The van der Waals surface area contributed by atoms with Gasteiger partial charge in [0.2, 0.25) is 0 Å². The van der Waals surface area contributed by atoms with E-state index in [0.717, 1.165) is 6.54 Å². The smallest absolute Gasteiger partial charge is 0.253 e. The first-order valence-corrected chi connectivity index (χ1v) is 6.89. The van der Waals surface area contributed by atoms with Crippen molar-refractivity contribution in [3.8, 4) is 11.5 Å². The van der Waals surface area contributed by atoms with Crippen LogP contribution >= 0.6 is 0 Å². The Morgan fingerprint density at radius 1 is 1.33 bits per heavy atom. The minimum atomic E-state index is -0.854. The van der Waals surface area contributed by atoms with Gasteiger partial charge in [-0.25, -0.2) is 0 Å². The van der Waals surface area contributed by atoms with Crippen LogP contribution in [0.1, 0.15) is 16.8 Å². The van der Waals surface area contributed by atoms with Gasteiger partial charge in [0.05, 0.1) is 26.4 Å². The number of ether oxygens (including phenoxy) is 2. The van der Waals surface area contributed by atoms with Crippen molar-refractivity contribution in [2.45, 2.75) is 12.0 Å². The number of hydrogen-bond donors (Lipinski definition) is 2. The van der Waals surface area contributed by atoms with Crippen LogP contribution in [0.3, 0.4) is 0 Å². The number of nitrogens with zero attached hydrogens (tertiary/aromatic N) is 1. The van der Waals surface area contributed by atoms with E-state index in [4.69, 9.17) is 9.47 Å². The Labute approximate surface area is 124 Å². The quantitative estimate of drug-likeness (QED) is 0.827. The van der Waals surface area contributed by atoms with Gasteiger partial charge in [0, 0.05) is 25.2 Å². The predicted octanol–water partition coefficient (Wildman–Crippen LogP) is 0.500. The lowest BCUT2D eigenvalue weighted by Gasteiger charge is -2.28. The lowest BCUT2D eigenvalue weighted by atomic mass is 10.0. The highest BCUT2D eigenvalue weighted by atomic mass is 16.5. The predicted molar refractivity (Wildman–Crippen MR) is 78.9 cm³/mol. The van der Waals surface area contributed by atoms with E-state index in [1.165, 1.54) is 4.90 Å². The highest BCUT2D eigenvalue weighted by Crippen LogP contribution is 2.24. The van der Waals surface area contributed by atoms with Crippen LogP contribution < -0.4 is 14.8 Å². The van der Waals surface area contributed by atoms with Crippen LogP contribution in [-0.4, -0.2) is 62.4 Å². The zero-order valence-electron chi connectivity index (χ0n) is 12.7. The van der Waals surface area contributed by atoms with Gasteiger partial charge in [-0.1, -0.05) is 0 Å². The average molecular weight is 294 g/mol. The van der Waals surface area contributed by atoms with Crippen molar-refractivity contribution >= 4 is 5.91 Å².